The van der Waals surface area contributed by atoms with Crippen molar-refractivity contribution in [2.75, 3.05) is 6.61 Å². The van der Waals surface area contributed by atoms with Crippen LogP contribution in [-0.4, -0.2) is 57.7 Å². The van der Waals surface area contributed by atoms with Crippen LogP contribution >= 0.6 is 7.82 Å². The van der Waals surface area contributed by atoms with Gasteiger partial charge in [0, 0.05) is 0 Å². The SMILES string of the molecule is O=P([O-])([O-])OC[C@H]1O[C@@H](O)[C@H](O)[C@@H](O)[C@@H]1O.[Na+].[Na+]. The quantitative estimate of drug-likeness (QED) is 0.293. The normalized spacial score (nSPS) is 36.4. The molecule has 1 saturated heterocycles. The minimum Gasteiger partial charge on any atom is -0.790 e. The maximum Gasteiger partial charge on any atom is 1.00 e. The van der Waals surface area contributed by atoms with Crippen LogP contribution < -0.4 is 68.9 Å². The molecule has 1 aliphatic heterocycles. The Balaban J connectivity index is 0. The number of hydrogen-bond donors (Lipinski definition) is 4. The third kappa shape index (κ3) is 6.57. The van der Waals surface area contributed by atoms with Gasteiger partial charge in [0.1, 0.15) is 24.4 Å². The summed E-state index contributed by atoms with van der Waals surface area (Å²) in [7, 11) is -5.23. The minimum atomic E-state index is -5.23. The molecule has 4 N–H and O–H groups in total. The summed E-state index contributed by atoms with van der Waals surface area (Å²) < 4.78 is 18.5. The largest absolute Gasteiger partial charge is 1.00 e. The van der Waals surface area contributed by atoms with Crippen molar-refractivity contribution in [2.45, 2.75) is 30.7 Å². The van der Waals surface area contributed by atoms with Gasteiger partial charge in [-0.05, 0) is 0 Å². The number of hydrogen-bond acceptors (Lipinski definition) is 9. The van der Waals surface area contributed by atoms with Gasteiger partial charge in [-0.3, -0.25) is 0 Å². The third-order valence-electron chi connectivity index (χ3n) is 2.08. The Morgan fingerprint density at radius 1 is 1.06 bits per heavy atom. The molecule has 18 heavy (non-hydrogen) atoms. The fraction of sp³-hybridized carbons (Fsp3) is 1.00. The van der Waals surface area contributed by atoms with Crippen LogP contribution in [0.4, 0.5) is 0 Å². The van der Waals surface area contributed by atoms with Crippen molar-refractivity contribution in [3.63, 3.8) is 0 Å². The topological polar surface area (TPSA) is 163 Å². The van der Waals surface area contributed by atoms with Gasteiger partial charge in [0.05, 0.1) is 14.4 Å². The van der Waals surface area contributed by atoms with Gasteiger partial charge >= 0.3 is 59.1 Å². The standard InChI is InChI=1S/C6H13O9P.2Na/c7-3-2(1-14-16(11,12)13)15-6(10)5(9)4(3)8;;/h2-10H,1H2,(H2,11,12,13);;/q;2*+1/p-2/t2-,3-,4+,5-,6-;;/m1../s1. The third-order valence-corrected chi connectivity index (χ3v) is 2.55. The first-order chi connectivity index (χ1) is 7.22. The summed E-state index contributed by atoms with van der Waals surface area (Å²) in [6.07, 6.45) is -8.35. The van der Waals surface area contributed by atoms with Crippen LogP contribution in [0.5, 0.6) is 0 Å². The predicted octanol–water partition coefficient (Wildman–Crippen LogP) is -10.4. The van der Waals surface area contributed by atoms with Gasteiger partial charge in [0.2, 0.25) is 0 Å². The first kappa shape index (κ1) is 22.2. The van der Waals surface area contributed by atoms with E-state index in [4.69, 9.17) is 10.2 Å². The number of aliphatic hydroxyl groups is 4. The molecule has 0 saturated carbocycles. The average Bonchev–Trinajstić information content (AvgIpc) is 2.17. The summed E-state index contributed by atoms with van der Waals surface area (Å²) in [4.78, 5) is 20.3. The summed E-state index contributed by atoms with van der Waals surface area (Å²) in [5.74, 6) is 0. The van der Waals surface area contributed by atoms with Crippen LogP contribution in [0.25, 0.3) is 0 Å². The zero-order valence-electron chi connectivity index (χ0n) is 9.87. The van der Waals surface area contributed by atoms with Crippen molar-refractivity contribution in [3.05, 3.63) is 0 Å². The Kier molecular flexibility index (Phi) is 11.1. The molecular weight excluding hydrogens is 293 g/mol. The molecule has 5 atom stereocenters. The fourth-order valence-corrected chi connectivity index (χ4v) is 1.56. The molecule has 0 aromatic rings. The zero-order valence-corrected chi connectivity index (χ0v) is 14.8. The fourth-order valence-electron chi connectivity index (χ4n) is 1.23. The number of rotatable bonds is 3. The van der Waals surface area contributed by atoms with Gasteiger partial charge < -0.3 is 44.0 Å². The minimum absolute atomic E-state index is 0. The molecule has 1 rings (SSSR count). The monoisotopic (exact) mass is 304 g/mol. The molecule has 12 heteroatoms. The second-order valence-electron chi connectivity index (χ2n) is 3.28. The molecular formula is C6H11Na2O9P. The number of phosphoric ester groups is 1. The number of aliphatic hydroxyl groups excluding tert-OH is 4. The molecule has 0 radical (unpaired) electrons. The van der Waals surface area contributed by atoms with E-state index in [0.717, 1.165) is 0 Å². The molecule has 1 aliphatic rings. The van der Waals surface area contributed by atoms with Gasteiger partial charge in [-0.15, -0.1) is 0 Å². The summed E-state index contributed by atoms with van der Waals surface area (Å²) in [6, 6.07) is 0. The van der Waals surface area contributed by atoms with E-state index >= 15 is 0 Å². The van der Waals surface area contributed by atoms with Gasteiger partial charge in [-0.1, -0.05) is 0 Å². The molecule has 9 nitrogen and oxygen atoms in total. The van der Waals surface area contributed by atoms with Crippen molar-refractivity contribution in [1.29, 1.82) is 0 Å². The van der Waals surface area contributed by atoms with E-state index in [1.165, 1.54) is 0 Å². The van der Waals surface area contributed by atoms with Crippen LogP contribution in [-0.2, 0) is 13.8 Å². The van der Waals surface area contributed by atoms with E-state index < -0.39 is 45.1 Å². The molecule has 0 aromatic carbocycles. The second-order valence-corrected chi connectivity index (χ2v) is 4.43. The van der Waals surface area contributed by atoms with Crippen molar-refractivity contribution < 1.29 is 103 Å². The summed E-state index contributed by atoms with van der Waals surface area (Å²) in [5, 5.41) is 36.6. The maximum absolute atomic E-state index is 10.1. The molecule has 1 heterocycles. The number of phosphoric acid groups is 1. The molecule has 0 amide bonds. The van der Waals surface area contributed by atoms with Gasteiger partial charge in [-0.25, -0.2) is 0 Å². The first-order valence-electron chi connectivity index (χ1n) is 4.26. The molecule has 96 valence electrons. The molecule has 1 fully saturated rings. The van der Waals surface area contributed by atoms with Crippen LogP contribution in [0, 0.1) is 0 Å². The Morgan fingerprint density at radius 2 is 1.56 bits per heavy atom. The Bertz CT molecular complexity index is 286. The predicted molar refractivity (Wildman–Crippen MR) is 42.5 cm³/mol. The first-order valence-corrected chi connectivity index (χ1v) is 5.73. The molecule has 0 spiro atoms. The van der Waals surface area contributed by atoms with Crippen molar-refractivity contribution >= 4 is 7.82 Å². The second kappa shape index (κ2) is 9.04. The van der Waals surface area contributed by atoms with E-state index in [9.17, 15) is 24.6 Å². The summed E-state index contributed by atoms with van der Waals surface area (Å²) in [5.41, 5.74) is 0. The van der Waals surface area contributed by atoms with Crippen LogP contribution in [0.2, 0.25) is 0 Å². The molecule has 0 unspecified atom stereocenters. The van der Waals surface area contributed by atoms with Gasteiger partial charge in [0.25, 0.3) is 0 Å². The molecule has 0 bridgehead atoms. The number of ether oxygens (including phenoxy) is 1. The van der Waals surface area contributed by atoms with Crippen molar-refractivity contribution in [1.82, 2.24) is 0 Å². The molecule has 0 aliphatic carbocycles. The van der Waals surface area contributed by atoms with Crippen molar-refractivity contribution in [3.8, 4) is 0 Å². The van der Waals surface area contributed by atoms with E-state index in [1.54, 1.807) is 0 Å². The van der Waals surface area contributed by atoms with Crippen molar-refractivity contribution in [2.24, 2.45) is 0 Å². The average molecular weight is 304 g/mol. The van der Waals surface area contributed by atoms with Gasteiger partial charge in [-0.2, -0.15) is 0 Å². The van der Waals surface area contributed by atoms with Crippen LogP contribution in [0.1, 0.15) is 0 Å². The molecule has 0 aromatic heterocycles. The van der Waals surface area contributed by atoms with E-state index in [-0.39, 0.29) is 59.1 Å². The summed E-state index contributed by atoms with van der Waals surface area (Å²) in [6.45, 7) is -0.855. The van der Waals surface area contributed by atoms with Crippen LogP contribution in [0.3, 0.4) is 0 Å². The smallest absolute Gasteiger partial charge is 0.790 e. The van der Waals surface area contributed by atoms with Crippen LogP contribution in [0.15, 0.2) is 0 Å². The van der Waals surface area contributed by atoms with E-state index in [0.29, 0.717) is 0 Å². The van der Waals surface area contributed by atoms with E-state index in [2.05, 4.69) is 9.26 Å². The maximum atomic E-state index is 10.1. The Hall–Kier alpha value is 1.91. The van der Waals surface area contributed by atoms with E-state index in [1.807, 2.05) is 0 Å². The summed E-state index contributed by atoms with van der Waals surface area (Å²) >= 11 is 0. The Morgan fingerprint density at radius 3 is 2.00 bits per heavy atom. The zero-order chi connectivity index (χ0) is 12.5. The van der Waals surface area contributed by atoms with Gasteiger partial charge in [0.15, 0.2) is 6.29 Å². The Labute approximate surface area is 147 Å².